The molecule has 0 atom stereocenters. The topological polar surface area (TPSA) is 86.9 Å². The molecule has 6 heteroatoms. The van der Waals surface area contributed by atoms with Gasteiger partial charge >= 0.3 is 0 Å². The van der Waals surface area contributed by atoms with Gasteiger partial charge in [-0.05, 0) is 18.2 Å². The summed E-state index contributed by atoms with van der Waals surface area (Å²) in [6.07, 6.45) is 1.54. The number of carbonyl (C=O) groups excluding carboxylic acids is 2. The first-order chi connectivity index (χ1) is 8.65. The number of benzene rings is 1. The number of nitrogens with zero attached hydrogens (tertiary/aromatic N) is 1. The van der Waals surface area contributed by atoms with Gasteiger partial charge < -0.3 is 10.6 Å². The Labute approximate surface area is 103 Å². The standard InChI is InChI=1S/C12H12N4O2/c1-8(17)14-10-4-2-3-9(7-10)12(18)15-11-5-6-13-16-11/h2-7H,1H3,(H,14,17)(H2,13,15,16,18). The molecule has 3 N–H and O–H groups in total. The molecule has 0 saturated carbocycles. The van der Waals surface area contributed by atoms with E-state index >= 15 is 0 Å². The Morgan fingerprint density at radius 2 is 2.06 bits per heavy atom. The maximum Gasteiger partial charge on any atom is 0.256 e. The fourth-order valence-corrected chi connectivity index (χ4v) is 1.46. The zero-order valence-electron chi connectivity index (χ0n) is 9.73. The molecule has 0 bridgehead atoms. The van der Waals surface area contributed by atoms with Crippen molar-refractivity contribution in [3.8, 4) is 0 Å². The number of hydrogen-bond acceptors (Lipinski definition) is 3. The first-order valence-corrected chi connectivity index (χ1v) is 5.33. The number of nitrogens with one attached hydrogen (secondary N) is 3. The van der Waals surface area contributed by atoms with Gasteiger partial charge in [0.15, 0.2) is 0 Å². The third kappa shape index (κ3) is 2.94. The number of carbonyl (C=O) groups is 2. The Morgan fingerprint density at radius 3 is 2.72 bits per heavy atom. The molecule has 0 saturated heterocycles. The van der Waals surface area contributed by atoms with Crippen LogP contribution in [0.1, 0.15) is 17.3 Å². The number of rotatable bonds is 3. The number of hydrogen-bond donors (Lipinski definition) is 3. The molecule has 0 aliphatic rings. The van der Waals surface area contributed by atoms with Crippen molar-refractivity contribution in [3.05, 3.63) is 42.1 Å². The SMILES string of the molecule is CC(=O)Nc1cccc(C(=O)Nc2ccn[nH]2)c1. The van der Waals surface area contributed by atoms with Gasteiger partial charge in [-0.2, -0.15) is 5.10 Å². The van der Waals surface area contributed by atoms with Gasteiger partial charge in [0.2, 0.25) is 5.91 Å². The number of amides is 2. The predicted octanol–water partition coefficient (Wildman–Crippen LogP) is 1.62. The van der Waals surface area contributed by atoms with E-state index in [2.05, 4.69) is 20.8 Å². The van der Waals surface area contributed by atoms with E-state index in [4.69, 9.17) is 0 Å². The second-order valence-corrected chi connectivity index (χ2v) is 3.69. The molecule has 0 unspecified atom stereocenters. The van der Waals surface area contributed by atoms with E-state index in [0.29, 0.717) is 17.1 Å². The molecule has 0 spiro atoms. The Morgan fingerprint density at radius 1 is 1.22 bits per heavy atom. The number of H-pyrrole nitrogens is 1. The van der Waals surface area contributed by atoms with Crippen molar-refractivity contribution in [1.29, 1.82) is 0 Å². The van der Waals surface area contributed by atoms with E-state index in [0.717, 1.165) is 0 Å². The van der Waals surface area contributed by atoms with Crippen LogP contribution in [0.25, 0.3) is 0 Å². The average Bonchev–Trinajstić information content (AvgIpc) is 2.81. The second-order valence-electron chi connectivity index (χ2n) is 3.69. The predicted molar refractivity (Wildman–Crippen MR) is 67.3 cm³/mol. The minimum absolute atomic E-state index is 0.180. The first-order valence-electron chi connectivity index (χ1n) is 5.33. The van der Waals surface area contributed by atoms with Crippen LogP contribution in [-0.2, 0) is 4.79 Å². The lowest BCUT2D eigenvalue weighted by Crippen LogP contribution is -2.13. The van der Waals surface area contributed by atoms with Gasteiger partial charge in [-0.3, -0.25) is 14.7 Å². The van der Waals surface area contributed by atoms with Gasteiger partial charge in [0.1, 0.15) is 5.82 Å². The van der Waals surface area contributed by atoms with Crippen LogP contribution in [0.5, 0.6) is 0 Å². The lowest BCUT2D eigenvalue weighted by molar-refractivity contribution is -0.114. The second kappa shape index (κ2) is 5.13. The molecule has 0 radical (unpaired) electrons. The van der Waals surface area contributed by atoms with Crippen LogP contribution < -0.4 is 10.6 Å². The summed E-state index contributed by atoms with van der Waals surface area (Å²) < 4.78 is 0. The highest BCUT2D eigenvalue weighted by molar-refractivity contribution is 6.04. The molecule has 92 valence electrons. The molecule has 18 heavy (non-hydrogen) atoms. The van der Waals surface area contributed by atoms with Gasteiger partial charge in [0.25, 0.3) is 5.91 Å². The minimum Gasteiger partial charge on any atom is -0.326 e. The van der Waals surface area contributed by atoms with E-state index in [1.54, 1.807) is 36.5 Å². The van der Waals surface area contributed by atoms with E-state index in [9.17, 15) is 9.59 Å². The van der Waals surface area contributed by atoms with Gasteiger partial charge in [0, 0.05) is 24.2 Å². The Bertz CT molecular complexity index is 563. The fourth-order valence-electron chi connectivity index (χ4n) is 1.46. The summed E-state index contributed by atoms with van der Waals surface area (Å²) in [4.78, 5) is 22.8. The van der Waals surface area contributed by atoms with Crippen molar-refractivity contribution in [1.82, 2.24) is 10.2 Å². The molecule has 2 aromatic rings. The van der Waals surface area contributed by atoms with E-state index in [1.165, 1.54) is 6.92 Å². The Balaban J connectivity index is 2.12. The molecule has 2 amide bonds. The summed E-state index contributed by atoms with van der Waals surface area (Å²) in [6, 6.07) is 8.33. The number of aromatic amines is 1. The summed E-state index contributed by atoms with van der Waals surface area (Å²) in [6.45, 7) is 1.41. The maximum atomic E-state index is 11.9. The highest BCUT2D eigenvalue weighted by atomic mass is 16.2. The average molecular weight is 244 g/mol. The summed E-state index contributed by atoms with van der Waals surface area (Å²) >= 11 is 0. The largest absolute Gasteiger partial charge is 0.326 e. The molecule has 6 nitrogen and oxygen atoms in total. The number of anilines is 2. The first kappa shape index (κ1) is 11.8. The molecule has 1 aromatic heterocycles. The molecular weight excluding hydrogens is 232 g/mol. The Kier molecular flexibility index (Phi) is 3.38. The third-order valence-corrected chi connectivity index (χ3v) is 2.19. The summed E-state index contributed by atoms with van der Waals surface area (Å²) in [7, 11) is 0. The van der Waals surface area contributed by atoms with Crippen LogP contribution in [0, 0.1) is 0 Å². The quantitative estimate of drug-likeness (QED) is 0.766. The highest BCUT2D eigenvalue weighted by Gasteiger charge is 2.07. The van der Waals surface area contributed by atoms with Crippen LogP contribution in [0.3, 0.4) is 0 Å². The maximum absolute atomic E-state index is 11.9. The van der Waals surface area contributed by atoms with Crippen molar-refractivity contribution in [2.75, 3.05) is 10.6 Å². The minimum atomic E-state index is -0.272. The van der Waals surface area contributed by atoms with Crippen LogP contribution >= 0.6 is 0 Å². The summed E-state index contributed by atoms with van der Waals surface area (Å²) in [5.74, 6) is 0.0671. The molecule has 0 fully saturated rings. The smallest absolute Gasteiger partial charge is 0.256 e. The zero-order valence-corrected chi connectivity index (χ0v) is 9.73. The van der Waals surface area contributed by atoms with Crippen LogP contribution in [-0.4, -0.2) is 22.0 Å². The molecule has 0 aliphatic heterocycles. The molecule has 0 aliphatic carbocycles. The lowest BCUT2D eigenvalue weighted by atomic mass is 10.2. The normalized spacial score (nSPS) is 9.83. The van der Waals surface area contributed by atoms with E-state index in [1.807, 2.05) is 0 Å². The molecular formula is C12H12N4O2. The fraction of sp³-hybridized carbons (Fsp3) is 0.0833. The Hall–Kier alpha value is -2.63. The van der Waals surface area contributed by atoms with Crippen molar-refractivity contribution in [2.45, 2.75) is 6.92 Å². The van der Waals surface area contributed by atoms with Crippen molar-refractivity contribution >= 4 is 23.3 Å². The van der Waals surface area contributed by atoms with Gasteiger partial charge in [0.05, 0.1) is 6.20 Å². The molecule has 1 heterocycles. The van der Waals surface area contributed by atoms with E-state index < -0.39 is 0 Å². The third-order valence-electron chi connectivity index (χ3n) is 2.19. The summed E-state index contributed by atoms with van der Waals surface area (Å²) in [5, 5.41) is 11.6. The van der Waals surface area contributed by atoms with Gasteiger partial charge in [-0.1, -0.05) is 6.07 Å². The summed E-state index contributed by atoms with van der Waals surface area (Å²) in [5.41, 5.74) is 1.04. The van der Waals surface area contributed by atoms with Crippen molar-refractivity contribution in [2.24, 2.45) is 0 Å². The monoisotopic (exact) mass is 244 g/mol. The number of aromatic nitrogens is 2. The highest BCUT2D eigenvalue weighted by Crippen LogP contribution is 2.12. The van der Waals surface area contributed by atoms with Gasteiger partial charge in [-0.25, -0.2) is 0 Å². The van der Waals surface area contributed by atoms with Crippen molar-refractivity contribution in [3.63, 3.8) is 0 Å². The molecule has 1 aromatic carbocycles. The van der Waals surface area contributed by atoms with Crippen molar-refractivity contribution < 1.29 is 9.59 Å². The van der Waals surface area contributed by atoms with Crippen LogP contribution in [0.15, 0.2) is 36.5 Å². The van der Waals surface area contributed by atoms with Crippen LogP contribution in [0.4, 0.5) is 11.5 Å². The van der Waals surface area contributed by atoms with Crippen LogP contribution in [0.2, 0.25) is 0 Å². The van der Waals surface area contributed by atoms with Gasteiger partial charge in [-0.15, -0.1) is 0 Å². The lowest BCUT2D eigenvalue weighted by Gasteiger charge is -2.05. The molecule has 2 rings (SSSR count). The van der Waals surface area contributed by atoms with E-state index in [-0.39, 0.29) is 11.8 Å². The zero-order chi connectivity index (χ0) is 13.0.